The third-order valence-electron chi connectivity index (χ3n) is 2.87. The average Bonchev–Trinajstić information content (AvgIpc) is 2.70. The predicted molar refractivity (Wildman–Crippen MR) is 53.5 cm³/mol. The maximum Gasteiger partial charge on any atom is 0.333 e. The van der Waals surface area contributed by atoms with E-state index in [1.54, 1.807) is 13.8 Å². The van der Waals surface area contributed by atoms with Gasteiger partial charge in [-0.25, -0.2) is 4.79 Å². The number of esters is 1. The molecule has 2 saturated heterocycles. The number of hydrogen-bond donors (Lipinski definition) is 0. The molecule has 16 heavy (non-hydrogen) atoms. The van der Waals surface area contributed by atoms with Crippen molar-refractivity contribution in [1.29, 1.82) is 0 Å². The minimum Gasteiger partial charge on any atom is -0.461 e. The number of ketones is 1. The quantitative estimate of drug-likeness (QED) is 0.516. The van der Waals surface area contributed by atoms with E-state index in [1.165, 1.54) is 0 Å². The van der Waals surface area contributed by atoms with Crippen LogP contribution in [0.3, 0.4) is 0 Å². The van der Waals surface area contributed by atoms with E-state index in [0.717, 1.165) is 0 Å². The molecule has 0 amide bonds. The van der Waals surface area contributed by atoms with Gasteiger partial charge in [0.05, 0.1) is 18.6 Å². The molecule has 2 heterocycles. The van der Waals surface area contributed by atoms with Crippen LogP contribution in [0.4, 0.5) is 0 Å². The fourth-order valence-electron chi connectivity index (χ4n) is 1.90. The zero-order valence-electron chi connectivity index (χ0n) is 9.32. The van der Waals surface area contributed by atoms with E-state index in [9.17, 15) is 9.59 Å². The van der Waals surface area contributed by atoms with Crippen molar-refractivity contribution in [3.05, 3.63) is 12.2 Å². The maximum atomic E-state index is 11.8. The number of ether oxygens (including phenoxy) is 3. The third kappa shape index (κ3) is 1.66. The van der Waals surface area contributed by atoms with Gasteiger partial charge in [0.1, 0.15) is 6.61 Å². The molecule has 5 nitrogen and oxygen atoms in total. The van der Waals surface area contributed by atoms with Gasteiger partial charge in [0.2, 0.25) is 11.6 Å². The second kappa shape index (κ2) is 3.68. The molecule has 2 rings (SSSR count). The van der Waals surface area contributed by atoms with Crippen molar-refractivity contribution in [3.8, 4) is 0 Å². The van der Waals surface area contributed by atoms with E-state index in [0.29, 0.717) is 12.2 Å². The zero-order valence-corrected chi connectivity index (χ0v) is 9.32. The molecule has 0 saturated carbocycles. The van der Waals surface area contributed by atoms with Crippen LogP contribution in [0, 0.1) is 5.92 Å². The summed E-state index contributed by atoms with van der Waals surface area (Å²) < 4.78 is 15.6. The number of fused-ring (bicyclic) bond motifs is 2. The van der Waals surface area contributed by atoms with Crippen molar-refractivity contribution < 1.29 is 23.8 Å². The lowest BCUT2D eigenvalue weighted by Gasteiger charge is -2.21. The summed E-state index contributed by atoms with van der Waals surface area (Å²) in [7, 11) is 0. The second-order valence-corrected chi connectivity index (χ2v) is 4.26. The van der Waals surface area contributed by atoms with Gasteiger partial charge in [-0.3, -0.25) is 4.79 Å². The first-order chi connectivity index (χ1) is 7.44. The Balaban J connectivity index is 1.95. The lowest BCUT2D eigenvalue weighted by Crippen LogP contribution is -2.41. The van der Waals surface area contributed by atoms with E-state index >= 15 is 0 Å². The molecule has 0 N–H and O–H groups in total. The van der Waals surface area contributed by atoms with Crippen LogP contribution in [0.25, 0.3) is 0 Å². The van der Waals surface area contributed by atoms with Gasteiger partial charge in [-0.05, 0) is 13.8 Å². The van der Waals surface area contributed by atoms with Gasteiger partial charge >= 0.3 is 5.97 Å². The Morgan fingerprint density at radius 1 is 1.69 bits per heavy atom. The van der Waals surface area contributed by atoms with Crippen molar-refractivity contribution in [3.63, 3.8) is 0 Å². The van der Waals surface area contributed by atoms with Gasteiger partial charge in [-0.2, -0.15) is 0 Å². The van der Waals surface area contributed by atoms with E-state index in [4.69, 9.17) is 14.2 Å². The van der Waals surface area contributed by atoms with Gasteiger partial charge in [-0.1, -0.05) is 6.58 Å². The molecule has 0 aromatic heterocycles. The highest BCUT2D eigenvalue weighted by atomic mass is 16.8. The second-order valence-electron chi connectivity index (χ2n) is 4.26. The Hall–Kier alpha value is -1.20. The van der Waals surface area contributed by atoms with E-state index < -0.39 is 17.7 Å². The highest BCUT2D eigenvalue weighted by Gasteiger charge is 2.58. The van der Waals surface area contributed by atoms with Crippen molar-refractivity contribution in [2.75, 3.05) is 13.2 Å². The van der Waals surface area contributed by atoms with Crippen LogP contribution in [-0.4, -0.2) is 36.9 Å². The van der Waals surface area contributed by atoms with Crippen LogP contribution < -0.4 is 0 Å². The smallest absolute Gasteiger partial charge is 0.333 e. The van der Waals surface area contributed by atoms with Crippen LogP contribution in [0.1, 0.15) is 13.8 Å². The van der Waals surface area contributed by atoms with Crippen molar-refractivity contribution in [2.24, 2.45) is 5.92 Å². The fourth-order valence-corrected chi connectivity index (χ4v) is 1.90. The molecule has 2 fully saturated rings. The number of carbonyl (C=O) groups excluding carboxylic acids is 2. The van der Waals surface area contributed by atoms with Crippen LogP contribution in [-0.2, 0) is 23.8 Å². The zero-order chi connectivity index (χ0) is 11.9. The molecule has 0 aromatic carbocycles. The average molecular weight is 226 g/mol. The lowest BCUT2D eigenvalue weighted by molar-refractivity contribution is -0.166. The summed E-state index contributed by atoms with van der Waals surface area (Å²) in [5.74, 6) is -2.19. The van der Waals surface area contributed by atoms with Crippen LogP contribution >= 0.6 is 0 Å². The van der Waals surface area contributed by atoms with Crippen LogP contribution in [0.15, 0.2) is 12.2 Å². The molecular formula is C11H14O5. The highest BCUT2D eigenvalue weighted by molar-refractivity contribution is 5.91. The van der Waals surface area contributed by atoms with E-state index in [2.05, 4.69) is 6.58 Å². The minimum atomic E-state index is -1.13. The molecule has 3 atom stereocenters. The SMILES string of the molecule is C=C(C)C(=O)OCC1C(=O)C2(C)OCC1O2. The van der Waals surface area contributed by atoms with E-state index in [1.807, 2.05) is 0 Å². The Labute approximate surface area is 93.4 Å². The highest BCUT2D eigenvalue weighted by Crippen LogP contribution is 2.39. The van der Waals surface area contributed by atoms with Gasteiger partial charge in [0, 0.05) is 5.57 Å². The summed E-state index contributed by atoms with van der Waals surface area (Å²) >= 11 is 0. The largest absolute Gasteiger partial charge is 0.461 e. The standard InChI is InChI=1S/C11H14O5/c1-6(2)10(13)14-4-7-8-5-15-11(3,16-8)9(7)12/h7-8H,1,4-5H2,2-3H3. The molecule has 0 aliphatic carbocycles. The summed E-state index contributed by atoms with van der Waals surface area (Å²) in [5, 5.41) is 0. The molecular weight excluding hydrogens is 212 g/mol. The van der Waals surface area contributed by atoms with Gasteiger partial charge in [0.25, 0.3) is 0 Å². The number of rotatable bonds is 3. The van der Waals surface area contributed by atoms with Crippen LogP contribution in [0.5, 0.6) is 0 Å². The van der Waals surface area contributed by atoms with E-state index in [-0.39, 0.29) is 18.5 Å². The first-order valence-corrected chi connectivity index (χ1v) is 5.13. The third-order valence-corrected chi connectivity index (χ3v) is 2.87. The molecule has 88 valence electrons. The molecule has 2 bridgehead atoms. The Kier molecular flexibility index (Phi) is 2.59. The molecule has 0 spiro atoms. The van der Waals surface area contributed by atoms with Gasteiger partial charge in [0.15, 0.2) is 0 Å². The fraction of sp³-hybridized carbons (Fsp3) is 0.636. The minimum absolute atomic E-state index is 0.0359. The molecule has 2 aliphatic rings. The summed E-state index contributed by atoms with van der Waals surface area (Å²) in [6, 6.07) is 0. The monoisotopic (exact) mass is 226 g/mol. The summed E-state index contributed by atoms with van der Waals surface area (Å²) in [6.07, 6.45) is -0.296. The molecule has 0 aromatic rings. The maximum absolute atomic E-state index is 11.8. The molecule has 0 radical (unpaired) electrons. The van der Waals surface area contributed by atoms with Crippen molar-refractivity contribution in [2.45, 2.75) is 25.7 Å². The summed E-state index contributed by atoms with van der Waals surface area (Å²) in [5.41, 5.74) is 0.319. The summed E-state index contributed by atoms with van der Waals surface area (Å²) in [6.45, 7) is 7.03. The molecule has 2 aliphatic heterocycles. The molecule has 3 unspecified atom stereocenters. The van der Waals surface area contributed by atoms with Crippen molar-refractivity contribution >= 4 is 11.8 Å². The van der Waals surface area contributed by atoms with Gasteiger partial charge < -0.3 is 14.2 Å². The summed E-state index contributed by atoms with van der Waals surface area (Å²) in [4.78, 5) is 23.0. The lowest BCUT2D eigenvalue weighted by atomic mass is 9.95. The predicted octanol–water partition coefficient (Wildman–Crippen LogP) is 0.436. The Morgan fingerprint density at radius 2 is 2.38 bits per heavy atom. The molecule has 5 heteroatoms. The topological polar surface area (TPSA) is 61.8 Å². The first kappa shape index (κ1) is 11.3. The number of Topliss-reactive ketones (excluding diaryl/α,β-unsaturated/α-hetero) is 1. The normalized spacial score (nSPS) is 36.5. The number of hydrogen-bond acceptors (Lipinski definition) is 5. The number of carbonyl (C=O) groups is 2. The van der Waals surface area contributed by atoms with Crippen molar-refractivity contribution in [1.82, 2.24) is 0 Å². The Bertz CT molecular complexity index is 361. The van der Waals surface area contributed by atoms with Gasteiger partial charge in [-0.15, -0.1) is 0 Å². The Morgan fingerprint density at radius 3 is 2.88 bits per heavy atom. The first-order valence-electron chi connectivity index (χ1n) is 5.13. The van der Waals surface area contributed by atoms with Crippen LogP contribution in [0.2, 0.25) is 0 Å².